The summed E-state index contributed by atoms with van der Waals surface area (Å²) in [6.45, 7) is 2.04. The number of benzene rings is 2. The van der Waals surface area contributed by atoms with Crippen molar-refractivity contribution in [3.05, 3.63) is 69.6 Å². The lowest BCUT2D eigenvalue weighted by molar-refractivity contribution is -0.384. The molecule has 0 aliphatic heterocycles. The fourth-order valence-corrected chi connectivity index (χ4v) is 2.75. The number of nitrogens with zero attached hydrogens (tertiary/aromatic N) is 2. The first-order chi connectivity index (χ1) is 10.6. The molecule has 0 saturated heterocycles. The lowest BCUT2D eigenvalue weighted by atomic mass is 10.1. The molecule has 0 unspecified atom stereocenters. The normalized spacial score (nSPS) is 10.4. The average Bonchev–Trinajstić information content (AvgIpc) is 2.96. The van der Waals surface area contributed by atoms with Crippen LogP contribution >= 0.6 is 11.3 Å². The van der Waals surface area contributed by atoms with Crippen molar-refractivity contribution < 1.29 is 4.92 Å². The molecule has 3 rings (SSSR count). The van der Waals surface area contributed by atoms with E-state index >= 15 is 0 Å². The molecule has 0 spiro atoms. The van der Waals surface area contributed by atoms with Crippen LogP contribution in [0, 0.1) is 17.0 Å². The fraction of sp³-hybridized carbons (Fsp3) is 0.0625. The van der Waals surface area contributed by atoms with Crippen molar-refractivity contribution in [3.63, 3.8) is 0 Å². The first-order valence-electron chi connectivity index (χ1n) is 6.66. The van der Waals surface area contributed by atoms with Crippen LogP contribution < -0.4 is 5.32 Å². The Hall–Kier alpha value is -2.73. The minimum absolute atomic E-state index is 0.0558. The Morgan fingerprint density at radius 3 is 2.68 bits per heavy atom. The van der Waals surface area contributed by atoms with Crippen LogP contribution in [-0.4, -0.2) is 9.91 Å². The van der Waals surface area contributed by atoms with E-state index in [9.17, 15) is 10.1 Å². The summed E-state index contributed by atoms with van der Waals surface area (Å²) < 4.78 is 0. The Kier molecular flexibility index (Phi) is 3.84. The van der Waals surface area contributed by atoms with Gasteiger partial charge in [-0.3, -0.25) is 10.1 Å². The quantitative estimate of drug-likeness (QED) is 0.556. The van der Waals surface area contributed by atoms with E-state index in [4.69, 9.17) is 0 Å². The standard InChI is InChI=1S/C16H13N3O2S/c1-11-5-7-12(8-6-11)15-10-22-16(18-15)17-13-3-2-4-14(9-13)19(20)21/h2-10H,1H3,(H,17,18). The number of nitrogens with one attached hydrogen (secondary N) is 1. The summed E-state index contributed by atoms with van der Waals surface area (Å²) in [6, 6.07) is 14.5. The number of hydrogen-bond acceptors (Lipinski definition) is 5. The van der Waals surface area contributed by atoms with Crippen molar-refractivity contribution >= 4 is 27.8 Å². The van der Waals surface area contributed by atoms with Crippen molar-refractivity contribution in [2.24, 2.45) is 0 Å². The number of aryl methyl sites for hydroxylation is 1. The van der Waals surface area contributed by atoms with Crippen LogP contribution in [0.3, 0.4) is 0 Å². The van der Waals surface area contributed by atoms with E-state index in [2.05, 4.69) is 10.3 Å². The summed E-state index contributed by atoms with van der Waals surface area (Å²) >= 11 is 1.47. The van der Waals surface area contributed by atoms with E-state index in [0.717, 1.165) is 11.3 Å². The first-order valence-corrected chi connectivity index (χ1v) is 7.54. The monoisotopic (exact) mass is 311 g/mol. The van der Waals surface area contributed by atoms with Crippen LogP contribution in [0.4, 0.5) is 16.5 Å². The van der Waals surface area contributed by atoms with Crippen LogP contribution in [-0.2, 0) is 0 Å². The number of thiazole rings is 1. The van der Waals surface area contributed by atoms with Crippen LogP contribution in [0.15, 0.2) is 53.9 Å². The molecule has 3 aromatic rings. The summed E-state index contributed by atoms with van der Waals surface area (Å²) in [5.41, 5.74) is 3.85. The molecule has 2 aromatic carbocycles. The van der Waals surface area contributed by atoms with Crippen molar-refractivity contribution in [1.82, 2.24) is 4.98 Å². The highest BCUT2D eigenvalue weighted by Gasteiger charge is 2.08. The molecule has 0 radical (unpaired) electrons. The van der Waals surface area contributed by atoms with Crippen LogP contribution in [0.25, 0.3) is 11.3 Å². The third kappa shape index (κ3) is 3.12. The first kappa shape index (κ1) is 14.2. The van der Waals surface area contributed by atoms with Gasteiger partial charge in [0.15, 0.2) is 5.13 Å². The van der Waals surface area contributed by atoms with Gasteiger partial charge in [0.1, 0.15) is 0 Å². The maximum Gasteiger partial charge on any atom is 0.271 e. The maximum atomic E-state index is 10.8. The molecule has 0 fully saturated rings. The smallest absolute Gasteiger partial charge is 0.271 e. The van der Waals surface area contributed by atoms with Crippen molar-refractivity contribution in [3.8, 4) is 11.3 Å². The molecule has 0 amide bonds. The zero-order valence-corrected chi connectivity index (χ0v) is 12.6. The Morgan fingerprint density at radius 2 is 1.95 bits per heavy atom. The third-order valence-electron chi connectivity index (χ3n) is 3.16. The Balaban J connectivity index is 1.81. The zero-order chi connectivity index (χ0) is 15.5. The van der Waals surface area contributed by atoms with E-state index < -0.39 is 4.92 Å². The van der Waals surface area contributed by atoms with E-state index in [0.29, 0.717) is 10.8 Å². The SMILES string of the molecule is Cc1ccc(-c2csc(Nc3cccc([N+](=O)[O-])c3)n2)cc1. The van der Waals surface area contributed by atoms with Crippen LogP contribution in [0.2, 0.25) is 0 Å². The Labute approximate surface area is 131 Å². The van der Waals surface area contributed by atoms with Gasteiger partial charge in [0.2, 0.25) is 0 Å². The zero-order valence-electron chi connectivity index (χ0n) is 11.8. The summed E-state index contributed by atoms with van der Waals surface area (Å²) in [4.78, 5) is 14.9. The van der Waals surface area contributed by atoms with Gasteiger partial charge in [-0.15, -0.1) is 11.3 Å². The lowest BCUT2D eigenvalue weighted by Gasteiger charge is -2.02. The minimum atomic E-state index is -0.412. The summed E-state index contributed by atoms with van der Waals surface area (Å²) in [5.74, 6) is 0. The molecule has 5 nitrogen and oxygen atoms in total. The second-order valence-electron chi connectivity index (χ2n) is 4.84. The average molecular weight is 311 g/mol. The lowest BCUT2D eigenvalue weighted by Crippen LogP contribution is -1.92. The molecule has 1 N–H and O–H groups in total. The molecule has 0 atom stereocenters. The molecule has 6 heteroatoms. The predicted molar refractivity (Wildman–Crippen MR) is 88.7 cm³/mol. The third-order valence-corrected chi connectivity index (χ3v) is 3.92. The summed E-state index contributed by atoms with van der Waals surface area (Å²) in [7, 11) is 0. The van der Waals surface area contributed by atoms with Gasteiger partial charge in [-0.1, -0.05) is 35.9 Å². The maximum absolute atomic E-state index is 10.8. The van der Waals surface area contributed by atoms with Gasteiger partial charge < -0.3 is 5.32 Å². The van der Waals surface area contributed by atoms with E-state index in [1.165, 1.54) is 29.0 Å². The fourth-order valence-electron chi connectivity index (χ4n) is 2.01. The van der Waals surface area contributed by atoms with Gasteiger partial charge in [-0.25, -0.2) is 4.98 Å². The molecular formula is C16H13N3O2S. The van der Waals surface area contributed by atoms with E-state index in [-0.39, 0.29) is 5.69 Å². The van der Waals surface area contributed by atoms with E-state index in [1.54, 1.807) is 12.1 Å². The highest BCUT2D eigenvalue weighted by molar-refractivity contribution is 7.14. The molecule has 110 valence electrons. The largest absolute Gasteiger partial charge is 0.331 e. The van der Waals surface area contributed by atoms with Gasteiger partial charge in [-0.2, -0.15) is 0 Å². The number of non-ortho nitro benzene ring substituents is 1. The number of anilines is 2. The summed E-state index contributed by atoms with van der Waals surface area (Å²) in [6.07, 6.45) is 0. The van der Waals surface area contributed by atoms with Crippen molar-refractivity contribution in [1.29, 1.82) is 0 Å². The minimum Gasteiger partial charge on any atom is -0.331 e. The molecular weight excluding hydrogens is 298 g/mol. The van der Waals surface area contributed by atoms with E-state index in [1.807, 2.05) is 36.6 Å². The van der Waals surface area contributed by atoms with Gasteiger partial charge in [0, 0.05) is 28.8 Å². The van der Waals surface area contributed by atoms with Crippen molar-refractivity contribution in [2.75, 3.05) is 5.32 Å². The second-order valence-corrected chi connectivity index (χ2v) is 5.69. The van der Waals surface area contributed by atoms with Crippen molar-refractivity contribution in [2.45, 2.75) is 6.92 Å². The Morgan fingerprint density at radius 1 is 1.18 bits per heavy atom. The Bertz CT molecular complexity index is 812. The summed E-state index contributed by atoms with van der Waals surface area (Å²) in [5, 5.41) is 16.6. The molecule has 1 aromatic heterocycles. The predicted octanol–water partition coefficient (Wildman–Crippen LogP) is 4.77. The van der Waals surface area contributed by atoms with Crippen LogP contribution in [0.1, 0.15) is 5.56 Å². The molecule has 1 heterocycles. The number of nitro groups is 1. The molecule has 0 bridgehead atoms. The number of rotatable bonds is 4. The molecule has 0 aliphatic carbocycles. The number of hydrogen-bond donors (Lipinski definition) is 1. The number of nitro benzene ring substituents is 1. The highest BCUT2D eigenvalue weighted by Crippen LogP contribution is 2.28. The van der Waals surface area contributed by atoms with Gasteiger partial charge in [0.25, 0.3) is 5.69 Å². The van der Waals surface area contributed by atoms with Gasteiger partial charge >= 0.3 is 0 Å². The molecule has 22 heavy (non-hydrogen) atoms. The highest BCUT2D eigenvalue weighted by atomic mass is 32.1. The van der Waals surface area contributed by atoms with Crippen LogP contribution in [0.5, 0.6) is 0 Å². The second kappa shape index (κ2) is 5.95. The molecule has 0 aliphatic rings. The topological polar surface area (TPSA) is 68.1 Å². The van der Waals surface area contributed by atoms with Gasteiger partial charge in [0.05, 0.1) is 10.6 Å². The molecule has 0 saturated carbocycles. The number of aromatic nitrogens is 1. The van der Waals surface area contributed by atoms with Gasteiger partial charge in [-0.05, 0) is 13.0 Å².